The molecule has 4 rings (SSSR count). The van der Waals surface area contributed by atoms with Crippen molar-refractivity contribution in [2.45, 2.75) is 43.8 Å². The fraction of sp³-hybridized carbons (Fsp3) is 0.429. The summed E-state index contributed by atoms with van der Waals surface area (Å²) < 4.78 is 6.06. The van der Waals surface area contributed by atoms with Crippen LogP contribution < -0.4 is 10.1 Å². The normalized spacial score (nSPS) is 24.9. The number of fused-ring (bicyclic) bond motifs is 1. The van der Waals surface area contributed by atoms with Gasteiger partial charge in [-0.1, -0.05) is 35.9 Å². The quantitative estimate of drug-likeness (QED) is 0.877. The van der Waals surface area contributed by atoms with Crippen LogP contribution in [0.5, 0.6) is 5.75 Å². The molecule has 0 aliphatic carbocycles. The summed E-state index contributed by atoms with van der Waals surface area (Å²) in [5.41, 5.74) is 0. The zero-order valence-electron chi connectivity index (χ0n) is 15.0. The van der Waals surface area contributed by atoms with Gasteiger partial charge in [0.2, 0.25) is 5.91 Å². The number of carbonyl (C=O) groups excluding carboxylic acids is 1. The van der Waals surface area contributed by atoms with E-state index >= 15 is 0 Å². The lowest BCUT2D eigenvalue weighted by Gasteiger charge is -2.24. The van der Waals surface area contributed by atoms with Gasteiger partial charge >= 0.3 is 0 Å². The fourth-order valence-electron chi connectivity index (χ4n) is 4.06. The molecule has 140 valence electrons. The fourth-order valence-corrected chi connectivity index (χ4v) is 4.29. The van der Waals surface area contributed by atoms with Gasteiger partial charge in [-0.2, -0.15) is 5.26 Å². The monoisotopic (exact) mass is 383 g/mol. The van der Waals surface area contributed by atoms with Gasteiger partial charge in [-0.15, -0.1) is 0 Å². The van der Waals surface area contributed by atoms with Crippen LogP contribution in [0.4, 0.5) is 0 Å². The van der Waals surface area contributed by atoms with Crippen molar-refractivity contribution in [1.82, 2.24) is 10.2 Å². The number of likely N-dealkylation sites (tertiary alicyclic amines) is 1. The van der Waals surface area contributed by atoms with Crippen LogP contribution in [0.1, 0.15) is 25.7 Å². The molecule has 2 aliphatic heterocycles. The molecule has 2 aromatic rings. The number of ether oxygens (including phenoxy) is 1. The molecule has 0 spiro atoms. The molecule has 0 aromatic heterocycles. The number of hydrogen-bond donors (Lipinski definition) is 1. The number of nitrogens with one attached hydrogen (secondary N) is 1. The summed E-state index contributed by atoms with van der Waals surface area (Å²) in [5, 5.41) is 15.3. The Morgan fingerprint density at radius 1 is 1.22 bits per heavy atom. The largest absolute Gasteiger partial charge is 0.491 e. The van der Waals surface area contributed by atoms with Crippen molar-refractivity contribution in [3.63, 3.8) is 0 Å². The lowest BCUT2D eigenvalue weighted by atomic mass is 10.1. The molecule has 0 bridgehead atoms. The Labute approximate surface area is 163 Å². The van der Waals surface area contributed by atoms with E-state index in [1.165, 1.54) is 0 Å². The smallest absolute Gasteiger partial charge is 0.240 e. The predicted octanol–water partition coefficient (Wildman–Crippen LogP) is 3.51. The molecule has 2 aromatic carbocycles. The Bertz CT molecular complexity index is 895. The second kappa shape index (κ2) is 7.75. The average molecular weight is 384 g/mol. The Morgan fingerprint density at radius 2 is 2.04 bits per heavy atom. The zero-order valence-corrected chi connectivity index (χ0v) is 15.8. The van der Waals surface area contributed by atoms with E-state index in [4.69, 9.17) is 16.3 Å². The van der Waals surface area contributed by atoms with Gasteiger partial charge in [-0.25, -0.2) is 0 Å². The van der Waals surface area contributed by atoms with E-state index in [2.05, 4.69) is 11.4 Å². The van der Waals surface area contributed by atoms with Crippen LogP contribution in [0.3, 0.4) is 0 Å². The number of carbonyl (C=O) groups is 1. The molecular formula is C21H22ClN3O2. The van der Waals surface area contributed by atoms with Crippen LogP contribution in [0.25, 0.3) is 10.8 Å². The van der Waals surface area contributed by atoms with E-state index in [1.54, 1.807) is 4.90 Å². The summed E-state index contributed by atoms with van der Waals surface area (Å²) in [5.74, 6) is 0.856. The van der Waals surface area contributed by atoms with Crippen molar-refractivity contribution in [1.29, 1.82) is 5.26 Å². The molecule has 2 saturated heterocycles. The van der Waals surface area contributed by atoms with Crippen molar-refractivity contribution in [2.24, 2.45) is 0 Å². The van der Waals surface area contributed by atoms with Crippen LogP contribution >= 0.6 is 11.6 Å². The standard InChI is InChI=1S/C21H22ClN3O2/c22-18-8-10-20(17-6-2-1-5-16(17)18)27-13-14-7-9-19(24-14)21(26)25-11-3-4-15(25)12-23/h1-2,5-6,8,10,14-15,19,24H,3-4,7,9,11,13H2/t14-,15+,19+/m1/s1. The molecule has 27 heavy (non-hydrogen) atoms. The van der Waals surface area contributed by atoms with Crippen molar-refractivity contribution < 1.29 is 9.53 Å². The van der Waals surface area contributed by atoms with E-state index in [0.29, 0.717) is 18.2 Å². The van der Waals surface area contributed by atoms with Crippen molar-refractivity contribution >= 4 is 28.3 Å². The molecule has 1 N–H and O–H groups in total. The number of hydrogen-bond acceptors (Lipinski definition) is 4. The van der Waals surface area contributed by atoms with Gasteiger partial charge in [0.25, 0.3) is 0 Å². The van der Waals surface area contributed by atoms with Gasteiger partial charge in [0.05, 0.1) is 12.1 Å². The van der Waals surface area contributed by atoms with Gasteiger partial charge in [-0.3, -0.25) is 10.1 Å². The molecule has 0 unspecified atom stereocenters. The summed E-state index contributed by atoms with van der Waals surface area (Å²) >= 11 is 6.26. The highest BCUT2D eigenvalue weighted by Gasteiger charge is 2.36. The van der Waals surface area contributed by atoms with Gasteiger partial charge in [0.15, 0.2) is 0 Å². The summed E-state index contributed by atoms with van der Waals surface area (Å²) in [4.78, 5) is 14.4. The molecule has 2 fully saturated rings. The number of nitrogens with zero attached hydrogens (tertiary/aromatic N) is 2. The van der Waals surface area contributed by atoms with Crippen LogP contribution in [0.15, 0.2) is 36.4 Å². The molecule has 2 aliphatic rings. The second-order valence-electron chi connectivity index (χ2n) is 7.21. The van der Waals surface area contributed by atoms with Gasteiger partial charge in [-0.05, 0) is 37.8 Å². The predicted molar refractivity (Wildman–Crippen MR) is 105 cm³/mol. The Morgan fingerprint density at radius 3 is 2.85 bits per heavy atom. The Kier molecular flexibility index (Phi) is 5.20. The molecular weight excluding hydrogens is 362 g/mol. The molecule has 6 heteroatoms. The van der Waals surface area contributed by atoms with E-state index in [-0.39, 0.29) is 24.0 Å². The highest BCUT2D eigenvalue weighted by atomic mass is 35.5. The first-order valence-electron chi connectivity index (χ1n) is 9.43. The maximum atomic E-state index is 12.7. The SMILES string of the molecule is N#C[C@@H]1CCCN1C(=O)[C@@H]1CC[C@H](COc2ccc(Cl)c3ccccc23)N1. The van der Waals surface area contributed by atoms with Crippen molar-refractivity contribution in [2.75, 3.05) is 13.2 Å². The lowest BCUT2D eigenvalue weighted by Crippen LogP contribution is -2.47. The molecule has 5 nitrogen and oxygen atoms in total. The zero-order chi connectivity index (χ0) is 18.8. The van der Waals surface area contributed by atoms with Crippen LogP contribution in [0.2, 0.25) is 5.02 Å². The first-order valence-corrected chi connectivity index (χ1v) is 9.81. The van der Waals surface area contributed by atoms with E-state index < -0.39 is 0 Å². The van der Waals surface area contributed by atoms with Crippen molar-refractivity contribution in [3.8, 4) is 11.8 Å². The average Bonchev–Trinajstić information content (AvgIpc) is 3.36. The number of benzene rings is 2. The van der Waals surface area contributed by atoms with Crippen LogP contribution in [0, 0.1) is 11.3 Å². The van der Waals surface area contributed by atoms with Gasteiger partial charge in [0.1, 0.15) is 18.4 Å². The maximum Gasteiger partial charge on any atom is 0.240 e. The number of amides is 1. The number of nitriles is 1. The highest BCUT2D eigenvalue weighted by molar-refractivity contribution is 6.35. The molecule has 0 radical (unpaired) electrons. The second-order valence-corrected chi connectivity index (χ2v) is 7.62. The summed E-state index contributed by atoms with van der Waals surface area (Å²) in [6.07, 6.45) is 3.36. The molecule has 1 amide bonds. The highest BCUT2D eigenvalue weighted by Crippen LogP contribution is 2.31. The summed E-state index contributed by atoms with van der Waals surface area (Å²) in [6.45, 7) is 1.18. The lowest BCUT2D eigenvalue weighted by molar-refractivity contribution is -0.133. The minimum absolute atomic E-state index is 0.0542. The molecule has 0 saturated carbocycles. The minimum atomic E-state index is -0.268. The Hall–Kier alpha value is -2.29. The minimum Gasteiger partial charge on any atom is -0.491 e. The third-order valence-corrected chi connectivity index (χ3v) is 5.82. The van der Waals surface area contributed by atoms with Gasteiger partial charge in [0, 0.05) is 28.4 Å². The molecule has 3 atom stereocenters. The third-order valence-electron chi connectivity index (χ3n) is 5.49. The first-order chi connectivity index (χ1) is 13.2. The van der Waals surface area contributed by atoms with E-state index in [1.807, 2.05) is 36.4 Å². The van der Waals surface area contributed by atoms with Crippen LogP contribution in [-0.2, 0) is 4.79 Å². The maximum absolute atomic E-state index is 12.7. The number of rotatable bonds is 4. The summed E-state index contributed by atoms with van der Waals surface area (Å²) in [7, 11) is 0. The van der Waals surface area contributed by atoms with E-state index in [0.717, 1.165) is 42.2 Å². The molecule has 2 heterocycles. The third kappa shape index (κ3) is 3.60. The Balaban J connectivity index is 1.38. The topological polar surface area (TPSA) is 65.4 Å². The van der Waals surface area contributed by atoms with E-state index in [9.17, 15) is 10.1 Å². The van der Waals surface area contributed by atoms with Crippen LogP contribution in [-0.4, -0.2) is 42.1 Å². The summed E-state index contributed by atoms with van der Waals surface area (Å²) in [6, 6.07) is 13.5. The first kappa shape index (κ1) is 18.1. The van der Waals surface area contributed by atoms with Crippen molar-refractivity contribution in [3.05, 3.63) is 41.4 Å². The van der Waals surface area contributed by atoms with Gasteiger partial charge < -0.3 is 9.64 Å². The number of halogens is 1.